The molecule has 1 saturated carbocycles. The molecule has 0 aromatic carbocycles. The van der Waals surface area contributed by atoms with Gasteiger partial charge in [-0.3, -0.25) is 4.79 Å². The molecule has 7 heteroatoms. The van der Waals surface area contributed by atoms with Crippen LogP contribution in [-0.4, -0.2) is 31.5 Å². The monoisotopic (exact) mass is 433 g/mol. The Morgan fingerprint density at radius 2 is 2.00 bits per heavy atom. The fourth-order valence-electron chi connectivity index (χ4n) is 4.52. The van der Waals surface area contributed by atoms with Gasteiger partial charge >= 0.3 is 0 Å². The van der Waals surface area contributed by atoms with E-state index in [0.717, 1.165) is 59.2 Å². The molecule has 6 nitrogen and oxygen atoms in total. The zero-order valence-electron chi connectivity index (χ0n) is 18.4. The van der Waals surface area contributed by atoms with Gasteiger partial charge in [-0.15, -0.1) is 0 Å². The number of aromatic amines is 1. The zero-order chi connectivity index (χ0) is 22.7. The molecule has 1 fully saturated rings. The van der Waals surface area contributed by atoms with E-state index in [4.69, 9.17) is 4.98 Å². The van der Waals surface area contributed by atoms with Gasteiger partial charge in [0.2, 0.25) is 5.91 Å². The fraction of sp³-hybridized carbons (Fsp3) is 0.320. The van der Waals surface area contributed by atoms with Crippen molar-refractivity contribution in [3.05, 3.63) is 67.2 Å². The lowest BCUT2D eigenvalue weighted by atomic mass is 9.90. The maximum Gasteiger partial charge on any atom is 0.217 e. The molecule has 2 N–H and O–H groups in total. The summed E-state index contributed by atoms with van der Waals surface area (Å²) < 4.78 is 15.7. The van der Waals surface area contributed by atoms with Crippen LogP contribution in [0.25, 0.3) is 27.9 Å². The lowest BCUT2D eigenvalue weighted by Gasteiger charge is -2.31. The molecule has 1 amide bonds. The largest absolute Gasteiger partial charge is 0.354 e. The molecule has 3 aromatic rings. The number of halogens is 1. The number of hydrogen-bond acceptors (Lipinski definition) is 3. The van der Waals surface area contributed by atoms with Gasteiger partial charge < -0.3 is 14.9 Å². The van der Waals surface area contributed by atoms with Gasteiger partial charge in [-0.05, 0) is 50.8 Å². The summed E-state index contributed by atoms with van der Waals surface area (Å²) in [6.45, 7) is 6.91. The summed E-state index contributed by atoms with van der Waals surface area (Å²) in [7, 11) is 0. The third-order valence-electron chi connectivity index (χ3n) is 5.99. The maximum absolute atomic E-state index is 13.4. The number of rotatable bonds is 6. The molecule has 0 spiro atoms. The molecule has 1 aliphatic rings. The van der Waals surface area contributed by atoms with Gasteiger partial charge in [0.05, 0.1) is 23.5 Å². The number of H-pyrrole nitrogens is 1. The topological polar surface area (TPSA) is 75.6 Å². The minimum absolute atomic E-state index is 0.0164. The molecule has 3 heterocycles. The van der Waals surface area contributed by atoms with E-state index in [1.54, 1.807) is 25.3 Å². The number of hydrogen-bond donors (Lipinski definition) is 2. The molecule has 0 saturated heterocycles. The Bertz CT molecular complexity index is 1190. The van der Waals surface area contributed by atoms with Crippen LogP contribution in [0.1, 0.15) is 51.3 Å². The predicted octanol–water partition coefficient (Wildman–Crippen LogP) is 5.49. The van der Waals surface area contributed by atoms with Crippen molar-refractivity contribution in [1.82, 2.24) is 24.8 Å². The Kier molecular flexibility index (Phi) is 6.35. The van der Waals surface area contributed by atoms with E-state index in [-0.39, 0.29) is 23.8 Å². The molecule has 0 radical (unpaired) electrons. The van der Waals surface area contributed by atoms with Crippen molar-refractivity contribution in [2.45, 2.75) is 51.6 Å². The van der Waals surface area contributed by atoms with Crippen LogP contribution in [0.2, 0.25) is 0 Å². The molecule has 32 heavy (non-hydrogen) atoms. The SMILES string of the molecule is C=C/C(=C\C=C(/C)F)c1ncn([C@H]2CC[C@H](NC(C)=O)CC2)c1-c1ccnc2[nH]ccc12. The lowest BCUT2D eigenvalue weighted by Crippen LogP contribution is -2.36. The lowest BCUT2D eigenvalue weighted by molar-refractivity contribution is -0.119. The van der Waals surface area contributed by atoms with Crippen molar-refractivity contribution in [3.8, 4) is 11.3 Å². The van der Waals surface area contributed by atoms with Gasteiger partial charge in [-0.1, -0.05) is 18.7 Å². The first kappa shape index (κ1) is 21.7. The average molecular weight is 434 g/mol. The molecular weight excluding hydrogens is 405 g/mol. The molecule has 0 bridgehead atoms. The summed E-state index contributed by atoms with van der Waals surface area (Å²) in [5.41, 5.74) is 4.30. The minimum Gasteiger partial charge on any atom is -0.354 e. The Morgan fingerprint density at radius 3 is 2.69 bits per heavy atom. The van der Waals surface area contributed by atoms with E-state index in [1.807, 2.05) is 24.7 Å². The first-order valence-corrected chi connectivity index (χ1v) is 10.9. The Labute approximate surface area is 187 Å². The number of aromatic nitrogens is 4. The second kappa shape index (κ2) is 9.34. The quantitative estimate of drug-likeness (QED) is 0.505. The third-order valence-corrected chi connectivity index (χ3v) is 5.99. The van der Waals surface area contributed by atoms with Crippen LogP contribution in [0.5, 0.6) is 0 Å². The normalized spacial score (nSPS) is 19.8. The smallest absolute Gasteiger partial charge is 0.217 e. The highest BCUT2D eigenvalue weighted by molar-refractivity contribution is 5.95. The number of amides is 1. The number of carbonyl (C=O) groups excluding carboxylic acids is 1. The number of nitrogens with one attached hydrogen (secondary N) is 2. The summed E-state index contributed by atoms with van der Waals surface area (Å²) in [5.74, 6) is -0.263. The highest BCUT2D eigenvalue weighted by Gasteiger charge is 2.27. The van der Waals surface area contributed by atoms with E-state index in [0.29, 0.717) is 0 Å². The van der Waals surface area contributed by atoms with E-state index in [9.17, 15) is 9.18 Å². The van der Waals surface area contributed by atoms with Crippen LogP contribution >= 0.6 is 0 Å². The second-order valence-corrected chi connectivity index (χ2v) is 8.23. The maximum atomic E-state index is 13.4. The van der Waals surface area contributed by atoms with Crippen molar-refractivity contribution in [2.24, 2.45) is 0 Å². The summed E-state index contributed by atoms with van der Waals surface area (Å²) in [6, 6.07) is 4.47. The van der Waals surface area contributed by atoms with Crippen molar-refractivity contribution >= 4 is 22.5 Å². The van der Waals surface area contributed by atoms with Crippen LogP contribution in [0, 0.1) is 0 Å². The number of fused-ring (bicyclic) bond motifs is 1. The fourth-order valence-corrected chi connectivity index (χ4v) is 4.52. The summed E-state index contributed by atoms with van der Waals surface area (Å²) in [5, 5.41) is 4.04. The molecular formula is C25H28FN5O. The molecule has 1 aliphatic carbocycles. The van der Waals surface area contributed by atoms with E-state index in [2.05, 4.69) is 26.4 Å². The van der Waals surface area contributed by atoms with Gasteiger partial charge in [0.15, 0.2) is 0 Å². The molecule has 4 rings (SSSR count). The molecule has 0 atom stereocenters. The number of carbonyl (C=O) groups is 1. The van der Waals surface area contributed by atoms with Crippen LogP contribution in [0.4, 0.5) is 4.39 Å². The van der Waals surface area contributed by atoms with Gasteiger partial charge in [0, 0.05) is 47.9 Å². The first-order chi connectivity index (χ1) is 15.5. The summed E-state index contributed by atoms with van der Waals surface area (Å²) in [6.07, 6.45) is 14.1. The van der Waals surface area contributed by atoms with Crippen LogP contribution in [-0.2, 0) is 4.79 Å². The highest BCUT2D eigenvalue weighted by Crippen LogP contribution is 2.38. The third kappa shape index (κ3) is 4.42. The molecule has 0 unspecified atom stereocenters. The molecule has 3 aromatic heterocycles. The summed E-state index contributed by atoms with van der Waals surface area (Å²) >= 11 is 0. The standard InChI is InChI=1S/C25H28FN5O/c1-4-18(6-5-16(2)26)23-24(21-11-13-27-25-22(21)12-14-28-25)31(15-29-23)20-9-7-19(8-10-20)30-17(3)32/h4-6,11-15,19-20H,1,7-10H2,2-3H3,(H,27,28)(H,30,32)/b16-5+,18-6+/t19-,20-. The number of pyridine rings is 1. The van der Waals surface area contributed by atoms with Crippen molar-refractivity contribution in [2.75, 3.05) is 0 Å². The second-order valence-electron chi connectivity index (χ2n) is 8.23. The van der Waals surface area contributed by atoms with E-state index < -0.39 is 0 Å². The van der Waals surface area contributed by atoms with Crippen molar-refractivity contribution in [3.63, 3.8) is 0 Å². The van der Waals surface area contributed by atoms with Gasteiger partial charge in [0.1, 0.15) is 5.65 Å². The van der Waals surface area contributed by atoms with E-state index in [1.165, 1.54) is 13.0 Å². The Morgan fingerprint density at radius 1 is 1.22 bits per heavy atom. The number of imidazole rings is 1. The Hall–Kier alpha value is -3.48. The van der Waals surface area contributed by atoms with Crippen LogP contribution in [0.15, 0.2) is 61.5 Å². The number of allylic oxidation sites excluding steroid dienone is 5. The average Bonchev–Trinajstić information content (AvgIpc) is 3.41. The predicted molar refractivity (Wildman–Crippen MR) is 125 cm³/mol. The zero-order valence-corrected chi connectivity index (χ0v) is 18.4. The van der Waals surface area contributed by atoms with E-state index >= 15 is 0 Å². The minimum atomic E-state index is -0.279. The molecule has 166 valence electrons. The first-order valence-electron chi connectivity index (χ1n) is 10.9. The Balaban J connectivity index is 1.80. The van der Waals surface area contributed by atoms with Crippen LogP contribution < -0.4 is 5.32 Å². The molecule has 0 aliphatic heterocycles. The number of nitrogens with zero attached hydrogens (tertiary/aromatic N) is 3. The summed E-state index contributed by atoms with van der Waals surface area (Å²) in [4.78, 5) is 23.8. The van der Waals surface area contributed by atoms with Gasteiger partial charge in [-0.2, -0.15) is 0 Å². The van der Waals surface area contributed by atoms with Crippen molar-refractivity contribution < 1.29 is 9.18 Å². The highest BCUT2D eigenvalue weighted by atomic mass is 19.1. The van der Waals surface area contributed by atoms with Crippen LogP contribution in [0.3, 0.4) is 0 Å². The van der Waals surface area contributed by atoms with Gasteiger partial charge in [-0.25, -0.2) is 14.4 Å². The van der Waals surface area contributed by atoms with Gasteiger partial charge in [0.25, 0.3) is 0 Å². The van der Waals surface area contributed by atoms with Crippen molar-refractivity contribution in [1.29, 1.82) is 0 Å².